The molecule has 4 heteroatoms. The van der Waals surface area contributed by atoms with Crippen molar-refractivity contribution in [3.05, 3.63) is 68.6 Å². The van der Waals surface area contributed by atoms with Gasteiger partial charge in [-0.25, -0.2) is 0 Å². The lowest BCUT2D eigenvalue weighted by Crippen LogP contribution is -1.84. The minimum Gasteiger partial charge on any atom is -0.0820 e. The van der Waals surface area contributed by atoms with Crippen molar-refractivity contribution in [3.8, 4) is 0 Å². The molecule has 0 heterocycles. The first-order valence-corrected chi connectivity index (χ1v) is 8.15. The minimum absolute atomic E-state index is 0.293. The number of hydrogen-bond donors (Lipinski definition) is 0. The maximum Gasteiger partial charge on any atom is 0.0800 e. The van der Waals surface area contributed by atoms with Crippen molar-refractivity contribution in [2.75, 3.05) is 0 Å². The average molecular weight is 366 g/mol. The molecule has 0 aliphatic heterocycles. The van der Waals surface area contributed by atoms with E-state index in [1.54, 1.807) is 0 Å². The van der Waals surface area contributed by atoms with Gasteiger partial charge in [0, 0.05) is 10.8 Å². The van der Waals surface area contributed by atoms with Crippen LogP contribution < -0.4 is 0 Å². The molecule has 0 aromatic heterocycles. The van der Waals surface area contributed by atoms with E-state index in [0.717, 1.165) is 21.5 Å². The molecule has 0 spiro atoms. The van der Waals surface area contributed by atoms with E-state index in [2.05, 4.69) is 24.3 Å². The summed E-state index contributed by atoms with van der Waals surface area (Å²) in [6.07, 6.45) is 0. The number of rotatable bonds is 0. The molecule has 0 fully saturated rings. The predicted molar refractivity (Wildman–Crippen MR) is 99.0 cm³/mol. The van der Waals surface area contributed by atoms with Gasteiger partial charge in [0.15, 0.2) is 0 Å². The zero-order valence-corrected chi connectivity index (χ0v) is 14.2. The normalized spacial score (nSPS) is 11.6. The summed E-state index contributed by atoms with van der Waals surface area (Å²) in [4.78, 5) is 0. The highest BCUT2D eigenvalue weighted by molar-refractivity contribution is 6.55. The van der Waals surface area contributed by atoms with Crippen LogP contribution in [0.25, 0.3) is 32.3 Å². The largest absolute Gasteiger partial charge is 0.0820 e. The Bertz CT molecular complexity index is 982. The molecule has 0 nitrogen and oxygen atoms in total. The molecule has 0 bridgehead atoms. The standard InChI is InChI=1S/C18H8Cl4/c19-15-13-7-11-5-9-3-1-2-4-10(9)6-12(11)8-14(13)16(20)18(22)17(15)21/h1-8H. The third-order valence-corrected chi connectivity index (χ3v) is 5.72. The van der Waals surface area contributed by atoms with Crippen molar-refractivity contribution < 1.29 is 0 Å². The molecule has 0 saturated heterocycles. The van der Waals surface area contributed by atoms with Crippen LogP contribution in [0.2, 0.25) is 20.1 Å². The second-order valence-corrected chi connectivity index (χ2v) is 6.71. The summed E-state index contributed by atoms with van der Waals surface area (Å²) in [5, 5.41) is 7.59. The van der Waals surface area contributed by atoms with Gasteiger partial charge < -0.3 is 0 Å². The SMILES string of the molecule is Clc1c(Cl)c(Cl)c2cc3cc4ccccc4cc3cc2c1Cl. The fraction of sp³-hybridized carbons (Fsp3) is 0. The molecule has 0 atom stereocenters. The van der Waals surface area contributed by atoms with E-state index in [0.29, 0.717) is 20.1 Å². The van der Waals surface area contributed by atoms with Gasteiger partial charge in [0.25, 0.3) is 0 Å². The van der Waals surface area contributed by atoms with Crippen LogP contribution in [0.4, 0.5) is 0 Å². The van der Waals surface area contributed by atoms with Gasteiger partial charge in [-0.1, -0.05) is 70.7 Å². The third-order valence-electron chi connectivity index (χ3n) is 3.89. The van der Waals surface area contributed by atoms with E-state index in [4.69, 9.17) is 46.4 Å². The lowest BCUT2D eigenvalue weighted by atomic mass is 10.00. The minimum atomic E-state index is 0.293. The van der Waals surface area contributed by atoms with Gasteiger partial charge in [0.1, 0.15) is 0 Å². The summed E-state index contributed by atoms with van der Waals surface area (Å²) in [6, 6.07) is 16.5. The van der Waals surface area contributed by atoms with Crippen LogP contribution in [0.5, 0.6) is 0 Å². The van der Waals surface area contributed by atoms with E-state index in [1.807, 2.05) is 24.3 Å². The number of benzene rings is 4. The zero-order valence-electron chi connectivity index (χ0n) is 11.1. The van der Waals surface area contributed by atoms with Gasteiger partial charge in [0.05, 0.1) is 20.1 Å². The van der Waals surface area contributed by atoms with Crippen molar-refractivity contribution in [2.45, 2.75) is 0 Å². The van der Waals surface area contributed by atoms with Crippen LogP contribution >= 0.6 is 46.4 Å². The van der Waals surface area contributed by atoms with E-state index in [-0.39, 0.29) is 0 Å². The maximum atomic E-state index is 6.35. The van der Waals surface area contributed by atoms with Crippen LogP contribution in [-0.2, 0) is 0 Å². The molecule has 0 unspecified atom stereocenters. The van der Waals surface area contributed by atoms with Crippen molar-refractivity contribution in [1.29, 1.82) is 0 Å². The van der Waals surface area contributed by atoms with Gasteiger partial charge in [-0.2, -0.15) is 0 Å². The molecule has 4 aromatic rings. The topological polar surface area (TPSA) is 0 Å². The van der Waals surface area contributed by atoms with Gasteiger partial charge in [-0.05, 0) is 45.8 Å². The molecule has 4 aromatic carbocycles. The molecule has 0 aliphatic carbocycles. The highest BCUT2D eigenvalue weighted by Gasteiger charge is 2.15. The summed E-state index contributed by atoms with van der Waals surface area (Å²) in [5.74, 6) is 0. The quantitative estimate of drug-likeness (QED) is 0.169. The summed E-state index contributed by atoms with van der Waals surface area (Å²) >= 11 is 25.0. The Morgan fingerprint density at radius 1 is 0.455 bits per heavy atom. The Labute approximate surface area is 147 Å². The fourth-order valence-electron chi connectivity index (χ4n) is 2.78. The molecular weight excluding hydrogens is 358 g/mol. The molecular formula is C18H8Cl4. The first-order valence-electron chi connectivity index (χ1n) is 6.64. The van der Waals surface area contributed by atoms with E-state index < -0.39 is 0 Å². The zero-order chi connectivity index (χ0) is 15.4. The Morgan fingerprint density at radius 3 is 1.27 bits per heavy atom. The predicted octanol–water partition coefficient (Wildman–Crippen LogP) is 7.76. The first-order chi connectivity index (χ1) is 10.6. The second-order valence-electron chi connectivity index (χ2n) is 5.20. The molecule has 0 N–H and O–H groups in total. The lowest BCUT2D eigenvalue weighted by Gasteiger charge is -2.11. The molecule has 0 saturated carbocycles. The second kappa shape index (κ2) is 5.18. The van der Waals surface area contributed by atoms with Crippen LogP contribution in [-0.4, -0.2) is 0 Å². The third kappa shape index (κ3) is 2.06. The molecule has 22 heavy (non-hydrogen) atoms. The Morgan fingerprint density at radius 2 is 0.864 bits per heavy atom. The van der Waals surface area contributed by atoms with Crippen molar-refractivity contribution >= 4 is 78.7 Å². The highest BCUT2D eigenvalue weighted by Crippen LogP contribution is 2.44. The van der Waals surface area contributed by atoms with Crippen molar-refractivity contribution in [3.63, 3.8) is 0 Å². The average Bonchev–Trinajstić information content (AvgIpc) is 2.55. The van der Waals surface area contributed by atoms with Crippen LogP contribution in [0, 0.1) is 0 Å². The molecule has 4 rings (SSSR count). The molecule has 0 aliphatic rings. The number of halogens is 4. The number of fused-ring (bicyclic) bond motifs is 3. The summed E-state index contributed by atoms with van der Waals surface area (Å²) < 4.78 is 0. The van der Waals surface area contributed by atoms with Gasteiger partial charge in [0.2, 0.25) is 0 Å². The first kappa shape index (κ1) is 14.4. The summed E-state index contributed by atoms with van der Waals surface area (Å²) in [5.41, 5.74) is 0. The monoisotopic (exact) mass is 364 g/mol. The van der Waals surface area contributed by atoms with E-state index >= 15 is 0 Å². The Hall–Kier alpha value is -1.18. The van der Waals surface area contributed by atoms with Gasteiger partial charge in [-0.3, -0.25) is 0 Å². The van der Waals surface area contributed by atoms with Gasteiger partial charge >= 0.3 is 0 Å². The summed E-state index contributed by atoms with van der Waals surface area (Å²) in [7, 11) is 0. The van der Waals surface area contributed by atoms with Crippen LogP contribution in [0.15, 0.2) is 48.5 Å². The molecule has 108 valence electrons. The highest BCUT2D eigenvalue weighted by atomic mass is 35.5. The summed E-state index contributed by atoms with van der Waals surface area (Å²) in [6.45, 7) is 0. The molecule has 0 amide bonds. The Balaban J connectivity index is 2.21. The van der Waals surface area contributed by atoms with Crippen LogP contribution in [0.3, 0.4) is 0 Å². The van der Waals surface area contributed by atoms with E-state index in [9.17, 15) is 0 Å². The Kier molecular flexibility index (Phi) is 3.39. The van der Waals surface area contributed by atoms with Crippen LogP contribution in [0.1, 0.15) is 0 Å². The van der Waals surface area contributed by atoms with Crippen molar-refractivity contribution in [2.24, 2.45) is 0 Å². The smallest absolute Gasteiger partial charge is 0.0800 e. The molecule has 0 radical (unpaired) electrons. The fourth-order valence-corrected chi connectivity index (χ4v) is 3.78. The van der Waals surface area contributed by atoms with E-state index in [1.165, 1.54) is 10.8 Å². The van der Waals surface area contributed by atoms with Crippen molar-refractivity contribution in [1.82, 2.24) is 0 Å². The number of hydrogen-bond acceptors (Lipinski definition) is 0. The lowest BCUT2D eigenvalue weighted by molar-refractivity contribution is 1.76. The van der Waals surface area contributed by atoms with Gasteiger partial charge in [-0.15, -0.1) is 0 Å². The maximum absolute atomic E-state index is 6.35.